The summed E-state index contributed by atoms with van der Waals surface area (Å²) in [6, 6.07) is 12.6. The molecule has 0 aliphatic heterocycles. The number of hydrogen-bond acceptors (Lipinski definition) is 28. The predicted molar refractivity (Wildman–Crippen MR) is 469 cm³/mol. The summed E-state index contributed by atoms with van der Waals surface area (Å²) in [6.07, 6.45) is 2.76. The Morgan fingerprint density at radius 1 is 0.333 bits per heavy atom. The summed E-state index contributed by atoms with van der Waals surface area (Å²) >= 11 is 0. The molecule has 0 unspecified atom stereocenters. The molecule has 5 amide bonds. The second-order valence-electron chi connectivity index (χ2n) is 37.0. The molecule has 4 N–H and O–H groups in total. The maximum atomic E-state index is 13.8. The van der Waals surface area contributed by atoms with E-state index in [2.05, 4.69) is 21.3 Å². The van der Waals surface area contributed by atoms with Crippen LogP contribution in [0.15, 0.2) is 48.5 Å². The highest BCUT2D eigenvalue weighted by atomic mass is 16.6. The zero-order valence-electron chi connectivity index (χ0n) is 78.5. The number of benzene rings is 2. The Bertz CT molecular complexity index is 3430. The van der Waals surface area contributed by atoms with Gasteiger partial charge in [-0.3, -0.25) is 48.1 Å². The van der Waals surface area contributed by atoms with Crippen LogP contribution in [-0.2, 0) is 124 Å². The number of nitrogens with zero attached hydrogens (tertiary/aromatic N) is 1. The first kappa shape index (κ1) is 112. The van der Waals surface area contributed by atoms with Gasteiger partial charge in [0.1, 0.15) is 70.4 Å². The van der Waals surface area contributed by atoms with E-state index in [0.29, 0.717) is 77.7 Å². The van der Waals surface area contributed by atoms with Gasteiger partial charge in [-0.1, -0.05) is 61.4 Å². The van der Waals surface area contributed by atoms with Gasteiger partial charge >= 0.3 is 47.9 Å². The van der Waals surface area contributed by atoms with Crippen LogP contribution in [0, 0.1) is 11.8 Å². The normalized spacial score (nSPS) is 13.3. The minimum atomic E-state index is -1.23. The summed E-state index contributed by atoms with van der Waals surface area (Å²) < 4.78 is 83.9. The second-order valence-corrected chi connectivity index (χ2v) is 37.0. The van der Waals surface area contributed by atoms with Gasteiger partial charge in [0.2, 0.25) is 11.8 Å². The van der Waals surface area contributed by atoms with Crippen molar-refractivity contribution in [1.82, 2.24) is 26.2 Å². The average molecular weight is 1790 g/mol. The third-order valence-electron chi connectivity index (χ3n) is 18.2. The van der Waals surface area contributed by atoms with Crippen molar-refractivity contribution in [3.05, 3.63) is 59.7 Å². The van der Waals surface area contributed by atoms with Crippen molar-refractivity contribution in [3.63, 3.8) is 0 Å². The summed E-state index contributed by atoms with van der Waals surface area (Å²) in [5.74, 6) is -6.87. The molecule has 126 heavy (non-hydrogen) atoms. The number of carbonyl (C=O) groups excluding carboxylic acids is 13. The Hall–Kier alpha value is -8.57. The Balaban J connectivity index is 1.29. The minimum absolute atomic E-state index is 0.00942. The molecule has 0 spiro atoms. The second kappa shape index (κ2) is 58.8. The highest BCUT2D eigenvalue weighted by Crippen LogP contribution is 2.45. The molecule has 0 aromatic heterocycles. The first-order valence-electron chi connectivity index (χ1n) is 44.4. The molecule has 0 saturated carbocycles. The van der Waals surface area contributed by atoms with E-state index in [1.54, 1.807) is 125 Å². The molecular weight excluding hydrogens is 1640 g/mol. The number of rotatable bonds is 64. The van der Waals surface area contributed by atoms with Crippen LogP contribution in [-0.4, -0.2) is 266 Å². The SMILES string of the molecule is CC(C)(C)OC(=O)CC[C@H](CC(=O)C[C@@H](CCCCCC(=O)CCOCCOCCOCCOCCCC(=O)CN(CC(=O)NCCOCCOCCOCCOCCC(=O)NCCCC[C@H](NC(=O)N[C@@H](CCC(=O)OC(C)(C)C)C(=O)OC(C)(C)C)C(=O)OC(C)(C)C)C(=O)OCC1c2ccccc2-c2ccccc21)C(=O)OC(C)(C)C)C(=O)OC(C)(C)C. The zero-order chi connectivity index (χ0) is 93.9. The smallest absolute Gasteiger partial charge is 0.410 e. The molecule has 33 heteroatoms. The molecule has 3 rings (SSSR count). The van der Waals surface area contributed by atoms with Crippen LogP contribution in [0.2, 0.25) is 0 Å². The molecule has 0 bridgehead atoms. The van der Waals surface area contributed by atoms with E-state index in [-0.39, 0.29) is 199 Å². The van der Waals surface area contributed by atoms with E-state index >= 15 is 0 Å². The number of carbonyl (C=O) groups is 13. The summed E-state index contributed by atoms with van der Waals surface area (Å²) in [7, 11) is 0. The van der Waals surface area contributed by atoms with Gasteiger partial charge in [0.05, 0.1) is 117 Å². The fraction of sp³-hybridized carbons (Fsp3) is 0.731. The van der Waals surface area contributed by atoms with Crippen LogP contribution < -0.4 is 21.3 Å². The number of ketones is 3. The molecule has 2 aromatic rings. The predicted octanol–water partition coefficient (Wildman–Crippen LogP) is 11.7. The molecule has 4 atom stereocenters. The van der Waals surface area contributed by atoms with Crippen molar-refractivity contribution in [2.45, 2.75) is 292 Å². The van der Waals surface area contributed by atoms with Gasteiger partial charge < -0.3 is 92.3 Å². The van der Waals surface area contributed by atoms with E-state index in [1.165, 1.54) is 0 Å². The number of fused-ring (bicyclic) bond motifs is 3. The van der Waals surface area contributed by atoms with E-state index < -0.39 is 118 Å². The van der Waals surface area contributed by atoms with Gasteiger partial charge in [0.25, 0.3) is 0 Å². The van der Waals surface area contributed by atoms with E-state index in [4.69, 9.17) is 71.1 Å². The van der Waals surface area contributed by atoms with Crippen LogP contribution in [0.25, 0.3) is 11.1 Å². The molecule has 33 nitrogen and oxygen atoms in total. The third-order valence-corrected chi connectivity index (χ3v) is 18.2. The van der Waals surface area contributed by atoms with Crippen molar-refractivity contribution in [3.8, 4) is 11.1 Å². The maximum Gasteiger partial charge on any atom is 0.410 e. The Morgan fingerprint density at radius 3 is 1.20 bits per heavy atom. The first-order chi connectivity index (χ1) is 59.2. The standard InChI is InChI=1S/C93H149N5O28/c1-88(2,3)121-80(104)39-37-67(83(107)124-91(10,11)12)62-70(101)61-66(82(106)123-90(7,8)9)29-20-19-21-30-68(99)41-46-113-50-54-117-58-57-116-53-49-112-45-28-31-69(100)63-98(87(111)120-65-75-73-34-24-22-32-71(73)72-33-23-25-35-74(72)75)64-79(103)95-44-48-115-52-56-119-60-59-118-55-51-114-47-42-78(102)94-43-27-26-36-76(84(108)125-92(13,14)15)96-86(110)97-77(85(109)126-93(16,17)18)38-40-81(105)122-89(4,5)6/h22-25,32-35,66-67,75-77H,19-21,26-31,36-65H2,1-18H3,(H,94,102)(H,95,103)(H2,96,97,110)/t66-,67-,76+,77+/m1/s1. The van der Waals surface area contributed by atoms with E-state index in [9.17, 15) is 62.3 Å². The van der Waals surface area contributed by atoms with Crippen molar-refractivity contribution >= 4 is 77.1 Å². The molecule has 0 fully saturated rings. The molecule has 0 radical (unpaired) electrons. The Morgan fingerprint density at radius 2 is 0.722 bits per heavy atom. The summed E-state index contributed by atoms with van der Waals surface area (Å²) in [4.78, 5) is 172. The maximum absolute atomic E-state index is 13.8. The molecule has 1 aliphatic carbocycles. The molecule has 0 heterocycles. The largest absolute Gasteiger partial charge is 0.460 e. The third kappa shape index (κ3) is 54.6. The molecule has 2 aromatic carbocycles. The van der Waals surface area contributed by atoms with E-state index in [0.717, 1.165) is 27.2 Å². The van der Waals surface area contributed by atoms with Gasteiger partial charge in [0, 0.05) is 77.0 Å². The van der Waals surface area contributed by atoms with Gasteiger partial charge in [-0.05, 0) is 198 Å². The number of hydrogen-bond donors (Lipinski definition) is 4. The lowest BCUT2D eigenvalue weighted by Crippen LogP contribution is -2.53. The quantitative estimate of drug-likeness (QED) is 0.0271. The number of nitrogens with one attached hydrogen (secondary N) is 4. The topological polar surface area (TPSA) is 412 Å². The van der Waals surface area contributed by atoms with Crippen molar-refractivity contribution < 1.29 is 133 Å². The van der Waals surface area contributed by atoms with Crippen molar-refractivity contribution in [1.29, 1.82) is 0 Å². The number of ether oxygens (including phenoxy) is 15. The lowest BCUT2D eigenvalue weighted by molar-refractivity contribution is -0.163. The number of unbranched alkanes of at least 4 members (excludes halogenated alkanes) is 3. The lowest BCUT2D eigenvalue weighted by Gasteiger charge is -2.27. The van der Waals surface area contributed by atoms with Crippen molar-refractivity contribution in [2.24, 2.45) is 11.8 Å². The molecule has 0 saturated heterocycles. The average Bonchev–Trinajstić information content (AvgIpc) is 1.61. The highest BCUT2D eigenvalue weighted by Gasteiger charge is 2.36. The van der Waals surface area contributed by atoms with Gasteiger partial charge in [-0.25, -0.2) is 19.2 Å². The van der Waals surface area contributed by atoms with Crippen LogP contribution in [0.4, 0.5) is 9.59 Å². The number of Topliss-reactive ketones (excluding diaryl/α,β-unsaturated/α-hetero) is 3. The monoisotopic (exact) mass is 1780 g/mol. The van der Waals surface area contributed by atoms with Gasteiger partial charge in [0.15, 0.2) is 5.78 Å². The zero-order valence-corrected chi connectivity index (χ0v) is 78.5. The van der Waals surface area contributed by atoms with Crippen LogP contribution >= 0.6 is 0 Å². The lowest BCUT2D eigenvalue weighted by atomic mass is 9.89. The molecular formula is C93H149N5O28. The van der Waals surface area contributed by atoms with Crippen LogP contribution in [0.1, 0.15) is 257 Å². The van der Waals surface area contributed by atoms with Crippen LogP contribution in [0.5, 0.6) is 0 Å². The van der Waals surface area contributed by atoms with Crippen LogP contribution in [0.3, 0.4) is 0 Å². The number of urea groups is 1. The van der Waals surface area contributed by atoms with Gasteiger partial charge in [-0.15, -0.1) is 0 Å². The van der Waals surface area contributed by atoms with Gasteiger partial charge in [-0.2, -0.15) is 0 Å². The first-order valence-corrected chi connectivity index (χ1v) is 44.4. The fourth-order valence-electron chi connectivity index (χ4n) is 12.7. The summed E-state index contributed by atoms with van der Waals surface area (Å²) in [5.41, 5.74) is -0.715. The molecule has 1 aliphatic rings. The van der Waals surface area contributed by atoms with E-state index in [1.807, 2.05) is 48.5 Å². The van der Waals surface area contributed by atoms with Crippen molar-refractivity contribution in [2.75, 3.05) is 138 Å². The number of esters is 6. The fourth-order valence-corrected chi connectivity index (χ4v) is 12.7. The highest BCUT2D eigenvalue weighted by molar-refractivity contribution is 5.90. The Kier molecular flexibility index (Phi) is 52.1. The number of amides is 5. The molecule has 714 valence electrons. The summed E-state index contributed by atoms with van der Waals surface area (Å²) in [5, 5.41) is 10.7. The minimum Gasteiger partial charge on any atom is -0.460 e. The Labute approximate surface area is 746 Å². The summed E-state index contributed by atoms with van der Waals surface area (Å²) in [6.45, 7) is 34.5.